The lowest BCUT2D eigenvalue weighted by Gasteiger charge is -2.32. The van der Waals surface area contributed by atoms with E-state index < -0.39 is 6.04 Å². The van der Waals surface area contributed by atoms with Crippen molar-refractivity contribution in [3.8, 4) is 0 Å². The largest absolute Gasteiger partial charge is 0.345 e. The van der Waals surface area contributed by atoms with E-state index in [0.717, 1.165) is 42.5 Å². The highest BCUT2D eigenvalue weighted by atomic mass is 16.2. The van der Waals surface area contributed by atoms with E-state index in [9.17, 15) is 14.4 Å². The van der Waals surface area contributed by atoms with Crippen LogP contribution in [0.5, 0.6) is 0 Å². The Morgan fingerprint density at radius 3 is 2.45 bits per heavy atom. The second-order valence-corrected chi connectivity index (χ2v) is 8.25. The zero-order valence-corrected chi connectivity index (χ0v) is 17.7. The fourth-order valence-corrected chi connectivity index (χ4v) is 4.36. The molecule has 1 aliphatic heterocycles. The average molecular weight is 421 g/mol. The monoisotopic (exact) mass is 420 g/mol. The predicted octanol–water partition coefficient (Wildman–Crippen LogP) is 2.28. The van der Waals surface area contributed by atoms with Gasteiger partial charge in [-0.3, -0.25) is 19.1 Å². The highest BCUT2D eigenvalue weighted by Gasteiger charge is 2.25. The number of imidazole rings is 1. The van der Waals surface area contributed by atoms with Gasteiger partial charge in [0.05, 0.1) is 23.6 Å². The molecule has 0 bridgehead atoms. The molecule has 1 atom stereocenters. The normalized spacial score (nSPS) is 16.3. The van der Waals surface area contributed by atoms with Crippen molar-refractivity contribution >= 4 is 22.7 Å². The minimum Gasteiger partial charge on any atom is -0.345 e. The molecule has 3 aromatic rings. The molecule has 0 saturated carbocycles. The van der Waals surface area contributed by atoms with E-state index in [4.69, 9.17) is 0 Å². The molecule has 2 N–H and O–H groups in total. The molecule has 1 saturated heterocycles. The number of fused-ring (bicyclic) bond motifs is 1. The first kappa shape index (κ1) is 21.1. The average Bonchev–Trinajstić information content (AvgIpc) is 3.10. The fraction of sp³-hybridized carbons (Fsp3) is 0.375. The van der Waals surface area contributed by atoms with Crippen molar-refractivity contribution in [1.82, 2.24) is 19.8 Å². The highest BCUT2D eigenvalue weighted by Crippen LogP contribution is 2.24. The van der Waals surface area contributed by atoms with Gasteiger partial charge in [-0.25, -0.2) is 4.79 Å². The number of nitrogens with zero attached hydrogens (tertiary/aromatic N) is 2. The van der Waals surface area contributed by atoms with Crippen LogP contribution in [0.15, 0.2) is 59.4 Å². The van der Waals surface area contributed by atoms with Crippen LogP contribution in [0.4, 0.5) is 0 Å². The molecule has 1 amide bonds. The fourth-order valence-electron chi connectivity index (χ4n) is 4.36. The van der Waals surface area contributed by atoms with Gasteiger partial charge in [0, 0.05) is 19.1 Å². The van der Waals surface area contributed by atoms with Crippen molar-refractivity contribution in [3.63, 3.8) is 0 Å². The van der Waals surface area contributed by atoms with Gasteiger partial charge in [0.2, 0.25) is 5.91 Å². The van der Waals surface area contributed by atoms with E-state index >= 15 is 0 Å². The van der Waals surface area contributed by atoms with Crippen LogP contribution in [0, 0.1) is 0 Å². The molecular formula is C24H28N4O3. The van der Waals surface area contributed by atoms with Gasteiger partial charge in [-0.2, -0.15) is 0 Å². The van der Waals surface area contributed by atoms with E-state index in [-0.39, 0.29) is 30.0 Å². The predicted molar refractivity (Wildman–Crippen MR) is 120 cm³/mol. The molecule has 1 fully saturated rings. The Morgan fingerprint density at radius 1 is 1.06 bits per heavy atom. The zero-order chi connectivity index (χ0) is 21.8. The van der Waals surface area contributed by atoms with E-state index in [1.165, 1.54) is 6.92 Å². The molecule has 7 nitrogen and oxygen atoms in total. The van der Waals surface area contributed by atoms with Crippen molar-refractivity contribution in [2.75, 3.05) is 19.6 Å². The van der Waals surface area contributed by atoms with Gasteiger partial charge in [0.25, 0.3) is 0 Å². The lowest BCUT2D eigenvalue weighted by atomic mass is 10.0. The number of para-hydroxylation sites is 2. The summed E-state index contributed by atoms with van der Waals surface area (Å²) in [6, 6.07) is 17.0. The second kappa shape index (κ2) is 9.31. The molecule has 2 heterocycles. The van der Waals surface area contributed by atoms with Crippen molar-refractivity contribution in [2.45, 2.75) is 38.3 Å². The van der Waals surface area contributed by atoms with Crippen molar-refractivity contribution in [1.29, 1.82) is 0 Å². The van der Waals surface area contributed by atoms with Crippen LogP contribution in [0.2, 0.25) is 0 Å². The number of nitrogens with one attached hydrogen (secondary N) is 2. The summed E-state index contributed by atoms with van der Waals surface area (Å²) >= 11 is 0. The van der Waals surface area contributed by atoms with Gasteiger partial charge in [-0.05, 0) is 43.9 Å². The first-order valence-corrected chi connectivity index (χ1v) is 10.8. The molecule has 1 aliphatic rings. The van der Waals surface area contributed by atoms with Crippen molar-refractivity contribution < 1.29 is 9.59 Å². The van der Waals surface area contributed by atoms with Crippen LogP contribution < -0.4 is 11.0 Å². The summed E-state index contributed by atoms with van der Waals surface area (Å²) in [7, 11) is 0. The molecular weight excluding hydrogens is 392 g/mol. The number of piperidine rings is 1. The summed E-state index contributed by atoms with van der Waals surface area (Å²) in [5.74, 6) is -0.187. The third kappa shape index (κ3) is 4.94. The number of aromatic amines is 1. The number of likely N-dealkylation sites (tertiary alicyclic amines) is 1. The SMILES string of the molecule is CC(=O)[C@H](Cc1ccccc1)NC(=O)CN1CCC(n2c(=O)[nH]c3ccccc32)CC1. The molecule has 162 valence electrons. The Morgan fingerprint density at radius 2 is 1.74 bits per heavy atom. The van der Waals surface area contributed by atoms with Gasteiger partial charge in [0.1, 0.15) is 0 Å². The number of rotatable bonds is 7. The van der Waals surface area contributed by atoms with Gasteiger partial charge in [-0.15, -0.1) is 0 Å². The van der Waals surface area contributed by atoms with Crippen LogP contribution in [0.1, 0.15) is 31.4 Å². The summed E-state index contributed by atoms with van der Waals surface area (Å²) in [6.45, 7) is 3.23. The number of Topliss-reactive ketones (excluding diaryl/α,β-unsaturated/α-hetero) is 1. The maximum atomic E-state index is 12.6. The van der Waals surface area contributed by atoms with Gasteiger partial charge in [0.15, 0.2) is 5.78 Å². The topological polar surface area (TPSA) is 87.2 Å². The van der Waals surface area contributed by atoms with Crippen LogP contribution in [-0.4, -0.2) is 51.8 Å². The molecule has 31 heavy (non-hydrogen) atoms. The van der Waals surface area contributed by atoms with E-state index in [1.807, 2.05) is 59.2 Å². The van der Waals surface area contributed by atoms with Crippen molar-refractivity contribution in [2.24, 2.45) is 0 Å². The molecule has 4 rings (SSSR count). The van der Waals surface area contributed by atoms with Crippen LogP contribution in [0.25, 0.3) is 11.0 Å². The third-order valence-electron chi connectivity index (χ3n) is 6.02. The third-order valence-corrected chi connectivity index (χ3v) is 6.02. The molecule has 0 radical (unpaired) electrons. The summed E-state index contributed by atoms with van der Waals surface area (Å²) in [5, 5.41) is 2.89. The Hall–Kier alpha value is -3.19. The summed E-state index contributed by atoms with van der Waals surface area (Å²) in [6.07, 6.45) is 2.10. The first-order valence-electron chi connectivity index (χ1n) is 10.8. The van der Waals surface area contributed by atoms with Gasteiger partial charge in [-0.1, -0.05) is 42.5 Å². The zero-order valence-electron chi connectivity index (χ0n) is 17.7. The highest BCUT2D eigenvalue weighted by molar-refractivity contribution is 5.88. The molecule has 0 aliphatic carbocycles. The lowest BCUT2D eigenvalue weighted by molar-refractivity contribution is -0.127. The number of hydrogen-bond acceptors (Lipinski definition) is 4. The Labute approximate surface area is 181 Å². The Bertz CT molecular complexity index is 1110. The van der Waals surface area contributed by atoms with Gasteiger partial charge < -0.3 is 10.3 Å². The summed E-state index contributed by atoms with van der Waals surface area (Å²) < 4.78 is 1.85. The maximum Gasteiger partial charge on any atom is 0.326 e. The minimum absolute atomic E-state index is 0.0466. The van der Waals surface area contributed by atoms with E-state index in [0.29, 0.717) is 6.42 Å². The number of H-pyrrole nitrogens is 1. The lowest BCUT2D eigenvalue weighted by Crippen LogP contribution is -2.47. The molecule has 0 unspecified atom stereocenters. The molecule has 0 spiro atoms. The van der Waals surface area contributed by atoms with Crippen LogP contribution in [-0.2, 0) is 16.0 Å². The molecule has 1 aromatic heterocycles. The first-order chi connectivity index (χ1) is 15.0. The van der Waals surface area contributed by atoms with Crippen LogP contribution >= 0.6 is 0 Å². The molecule has 7 heteroatoms. The molecule has 2 aromatic carbocycles. The number of carbonyl (C=O) groups excluding carboxylic acids is 2. The number of hydrogen-bond donors (Lipinski definition) is 2. The number of amides is 1. The number of carbonyl (C=O) groups is 2. The van der Waals surface area contributed by atoms with E-state index in [1.54, 1.807) is 0 Å². The standard InChI is InChI=1S/C24H28N4O3/c1-17(29)21(15-18-7-3-2-4-8-18)25-23(30)16-27-13-11-19(12-14-27)28-22-10-6-5-9-20(22)26-24(28)31/h2-10,19,21H,11-16H2,1H3,(H,25,30)(H,26,31)/t21-/m0/s1. The smallest absolute Gasteiger partial charge is 0.326 e. The summed E-state index contributed by atoms with van der Waals surface area (Å²) in [5.41, 5.74) is 2.72. The van der Waals surface area contributed by atoms with E-state index in [2.05, 4.69) is 15.2 Å². The van der Waals surface area contributed by atoms with Crippen molar-refractivity contribution in [3.05, 3.63) is 70.6 Å². The number of aromatic nitrogens is 2. The number of benzene rings is 2. The second-order valence-electron chi connectivity index (χ2n) is 8.25. The minimum atomic E-state index is -0.516. The maximum absolute atomic E-state index is 12.6. The van der Waals surface area contributed by atoms with Crippen LogP contribution in [0.3, 0.4) is 0 Å². The summed E-state index contributed by atoms with van der Waals surface area (Å²) in [4.78, 5) is 42.1. The Balaban J connectivity index is 1.33. The quantitative estimate of drug-likeness (QED) is 0.614. The Kier molecular flexibility index (Phi) is 6.32. The number of ketones is 1. The van der Waals surface area contributed by atoms with Gasteiger partial charge >= 0.3 is 5.69 Å².